The highest BCUT2D eigenvalue weighted by Crippen LogP contribution is 2.26. The van der Waals surface area contributed by atoms with Crippen LogP contribution in [0.2, 0.25) is 0 Å². The van der Waals surface area contributed by atoms with Crippen LogP contribution in [0.3, 0.4) is 0 Å². The minimum absolute atomic E-state index is 0.398. The van der Waals surface area contributed by atoms with Gasteiger partial charge < -0.3 is 5.32 Å². The minimum Gasteiger partial charge on any atom is -0.382 e. The monoisotopic (exact) mass is 418 g/mol. The highest BCUT2D eigenvalue weighted by atomic mass is 19.1. The average molecular weight is 419 g/mol. The first kappa shape index (κ1) is 24.3. The number of hydrogen-bond donors (Lipinski definition) is 1. The zero-order chi connectivity index (χ0) is 22.8. The van der Waals surface area contributed by atoms with E-state index in [2.05, 4.69) is 44.1 Å². The first-order valence-electron chi connectivity index (χ1n) is 11.0. The van der Waals surface area contributed by atoms with Crippen molar-refractivity contribution in [1.82, 2.24) is 5.32 Å². The van der Waals surface area contributed by atoms with Crippen LogP contribution in [0.15, 0.2) is 96.5 Å². The van der Waals surface area contributed by atoms with Crippen LogP contribution in [0.4, 0.5) is 4.39 Å². The third-order valence-corrected chi connectivity index (χ3v) is 5.80. The van der Waals surface area contributed by atoms with E-state index in [1.54, 1.807) is 6.08 Å². The molecular formula is C28H35FN2. The van der Waals surface area contributed by atoms with Crippen LogP contribution < -0.4 is 5.32 Å². The maximum Gasteiger partial charge on any atom is 0.123 e. The summed E-state index contributed by atoms with van der Waals surface area (Å²) in [7, 11) is 0. The van der Waals surface area contributed by atoms with Crippen molar-refractivity contribution in [2.75, 3.05) is 0 Å². The molecule has 1 saturated carbocycles. The Morgan fingerprint density at radius 1 is 1.03 bits per heavy atom. The third kappa shape index (κ3) is 6.78. The van der Waals surface area contributed by atoms with Gasteiger partial charge in [0.25, 0.3) is 0 Å². The van der Waals surface area contributed by atoms with E-state index in [0.29, 0.717) is 23.2 Å². The number of benzene rings is 1. The molecule has 2 rings (SSSR count). The Bertz CT molecular complexity index is 913. The summed E-state index contributed by atoms with van der Waals surface area (Å²) in [6.45, 7) is 17.7. The Labute approximate surface area is 187 Å². The number of nitrogens with zero attached hydrogens (tertiary/aromatic N) is 1. The van der Waals surface area contributed by atoms with E-state index in [9.17, 15) is 4.39 Å². The van der Waals surface area contributed by atoms with Crippen molar-refractivity contribution >= 4 is 11.4 Å². The second kappa shape index (κ2) is 12.0. The standard InChI is InChI=1S/C28H35FN2/c1-7-22(19-25(29)8-2)26(9-3)31-27(10-4)24-17-15-23(16-18-24)21(6)30-28-14-12-11-13-20(28)5/h7-10,15-20,28,30H,2,4,6,11-14H2,1,3,5H3/b22-7+,25-19+,26-9-,31-27?. The number of rotatable bonds is 9. The molecule has 1 N–H and O–H groups in total. The molecule has 0 heterocycles. The largest absolute Gasteiger partial charge is 0.382 e. The second-order valence-corrected chi connectivity index (χ2v) is 7.92. The Balaban J connectivity index is 2.21. The van der Waals surface area contributed by atoms with Crippen LogP contribution in [0.5, 0.6) is 0 Å². The van der Waals surface area contributed by atoms with E-state index in [4.69, 9.17) is 4.99 Å². The molecule has 1 aromatic rings. The molecule has 2 unspecified atom stereocenters. The molecule has 3 heteroatoms. The van der Waals surface area contributed by atoms with Crippen LogP contribution >= 0.6 is 0 Å². The molecule has 0 amide bonds. The van der Waals surface area contributed by atoms with Gasteiger partial charge in [0.05, 0.1) is 11.4 Å². The van der Waals surface area contributed by atoms with Gasteiger partial charge in [0.2, 0.25) is 0 Å². The lowest BCUT2D eigenvalue weighted by atomic mass is 9.85. The molecule has 2 nitrogen and oxygen atoms in total. The van der Waals surface area contributed by atoms with E-state index < -0.39 is 5.83 Å². The first-order chi connectivity index (χ1) is 14.9. The van der Waals surface area contributed by atoms with Gasteiger partial charge in [-0.25, -0.2) is 9.38 Å². The molecule has 1 fully saturated rings. The van der Waals surface area contributed by atoms with Gasteiger partial charge in [0.1, 0.15) is 5.83 Å². The number of nitrogens with one attached hydrogen (secondary N) is 1. The van der Waals surface area contributed by atoms with Crippen LogP contribution in [0.25, 0.3) is 5.70 Å². The molecule has 1 aromatic carbocycles. The summed E-state index contributed by atoms with van der Waals surface area (Å²) in [5, 5.41) is 3.62. The first-order valence-corrected chi connectivity index (χ1v) is 11.0. The van der Waals surface area contributed by atoms with Crippen LogP contribution in [0.1, 0.15) is 57.6 Å². The van der Waals surface area contributed by atoms with Gasteiger partial charge in [-0.15, -0.1) is 0 Å². The Hall–Kier alpha value is -2.94. The molecule has 1 aliphatic rings. The van der Waals surface area contributed by atoms with E-state index in [0.717, 1.165) is 22.5 Å². The quantitative estimate of drug-likeness (QED) is 0.322. The second-order valence-electron chi connectivity index (χ2n) is 7.92. The highest BCUT2D eigenvalue weighted by molar-refractivity contribution is 6.09. The minimum atomic E-state index is -0.398. The lowest BCUT2D eigenvalue weighted by Gasteiger charge is -2.31. The van der Waals surface area contributed by atoms with Crippen molar-refractivity contribution in [1.29, 1.82) is 0 Å². The molecule has 0 aliphatic heterocycles. The fourth-order valence-corrected chi connectivity index (χ4v) is 3.85. The molecular weight excluding hydrogens is 383 g/mol. The molecule has 0 aromatic heterocycles. The Morgan fingerprint density at radius 3 is 2.23 bits per heavy atom. The summed E-state index contributed by atoms with van der Waals surface area (Å²) in [4.78, 5) is 4.73. The normalized spacial score (nSPS) is 20.9. The van der Waals surface area contributed by atoms with Gasteiger partial charge in [0.15, 0.2) is 0 Å². The van der Waals surface area contributed by atoms with Gasteiger partial charge in [-0.2, -0.15) is 0 Å². The Morgan fingerprint density at radius 2 is 1.68 bits per heavy atom. The van der Waals surface area contributed by atoms with Gasteiger partial charge in [-0.05, 0) is 62.0 Å². The number of aliphatic imine (C=N–C) groups is 1. The highest BCUT2D eigenvalue weighted by Gasteiger charge is 2.21. The van der Waals surface area contributed by atoms with Crippen molar-refractivity contribution in [3.8, 4) is 0 Å². The lowest BCUT2D eigenvalue weighted by Crippen LogP contribution is -2.35. The topological polar surface area (TPSA) is 24.4 Å². The number of hydrogen-bond acceptors (Lipinski definition) is 2. The van der Waals surface area contributed by atoms with Crippen molar-refractivity contribution in [2.45, 2.75) is 52.5 Å². The van der Waals surface area contributed by atoms with Crippen LogP contribution in [-0.2, 0) is 0 Å². The fraction of sp³-hybridized carbons (Fsp3) is 0.321. The summed E-state index contributed by atoms with van der Waals surface area (Å²) in [5.41, 5.74) is 5.07. The van der Waals surface area contributed by atoms with E-state index >= 15 is 0 Å². The summed E-state index contributed by atoms with van der Waals surface area (Å²) in [5.74, 6) is 0.273. The zero-order valence-electron chi connectivity index (χ0n) is 19.1. The average Bonchev–Trinajstić information content (AvgIpc) is 2.80. The third-order valence-electron chi connectivity index (χ3n) is 5.80. The number of allylic oxidation sites excluding steroid dienone is 6. The molecule has 31 heavy (non-hydrogen) atoms. The molecule has 0 spiro atoms. The van der Waals surface area contributed by atoms with E-state index in [-0.39, 0.29) is 0 Å². The maximum atomic E-state index is 13.7. The van der Waals surface area contributed by atoms with Gasteiger partial charge in [-0.3, -0.25) is 0 Å². The number of halogens is 1. The molecule has 164 valence electrons. The molecule has 0 saturated heterocycles. The molecule has 1 aliphatic carbocycles. The smallest absolute Gasteiger partial charge is 0.123 e. The van der Waals surface area contributed by atoms with Crippen LogP contribution in [0, 0.1) is 5.92 Å². The van der Waals surface area contributed by atoms with Crippen molar-refractivity contribution in [3.05, 3.63) is 103 Å². The fourth-order valence-electron chi connectivity index (χ4n) is 3.85. The zero-order valence-corrected chi connectivity index (χ0v) is 19.1. The van der Waals surface area contributed by atoms with Crippen molar-refractivity contribution in [2.24, 2.45) is 10.9 Å². The predicted molar refractivity (Wildman–Crippen MR) is 134 cm³/mol. The van der Waals surface area contributed by atoms with E-state index in [1.165, 1.54) is 37.8 Å². The summed E-state index contributed by atoms with van der Waals surface area (Å²) in [6, 6.07) is 8.65. The lowest BCUT2D eigenvalue weighted by molar-refractivity contribution is 0.305. The van der Waals surface area contributed by atoms with Gasteiger partial charge in [0, 0.05) is 17.3 Å². The summed E-state index contributed by atoms with van der Waals surface area (Å²) < 4.78 is 13.7. The predicted octanol–water partition coefficient (Wildman–Crippen LogP) is 7.69. The van der Waals surface area contributed by atoms with Gasteiger partial charge in [-0.1, -0.05) is 75.9 Å². The summed E-state index contributed by atoms with van der Waals surface area (Å²) in [6.07, 6.45) is 13.1. The summed E-state index contributed by atoms with van der Waals surface area (Å²) >= 11 is 0. The van der Waals surface area contributed by atoms with Crippen molar-refractivity contribution < 1.29 is 4.39 Å². The SMILES string of the molecule is C=CC(=NC(=C\C)/C(/C=C(/F)C=C)=C/C)c1ccc(C(=C)NC2CCCCC2C)cc1. The van der Waals surface area contributed by atoms with Crippen molar-refractivity contribution in [3.63, 3.8) is 0 Å². The molecule has 0 radical (unpaired) electrons. The molecule has 2 atom stereocenters. The van der Waals surface area contributed by atoms with Gasteiger partial charge >= 0.3 is 0 Å². The maximum absolute atomic E-state index is 13.7. The molecule has 0 bridgehead atoms. The van der Waals surface area contributed by atoms with Crippen LogP contribution in [-0.4, -0.2) is 11.8 Å². The Kier molecular flexibility index (Phi) is 9.45. The van der Waals surface area contributed by atoms with E-state index in [1.807, 2.05) is 38.1 Å².